The Bertz CT molecular complexity index is 2950. The minimum absolute atomic E-state index is 0.0141. The molecule has 1 aliphatic heterocycles. The van der Waals surface area contributed by atoms with Crippen LogP contribution in [0.5, 0.6) is 17.2 Å². The van der Waals surface area contributed by atoms with Gasteiger partial charge in [-0.1, -0.05) is 12.1 Å². The largest absolute Gasteiger partial charge is 0.490 e. The zero-order valence-corrected chi connectivity index (χ0v) is 45.2. The van der Waals surface area contributed by atoms with Crippen molar-refractivity contribution in [3.8, 4) is 22.9 Å². The number of carboxylic acid groups (broad SMARTS) is 1. The molecule has 1 saturated heterocycles. The molecule has 20 nitrogen and oxygen atoms in total. The molecule has 6 rings (SSSR count). The standard InChI is InChI=1S/C54H68FN7O13/c1-31-24-35(71-42-19-17-16-18-37(42)55)20-21-39(31)62-45(61(49(68)74-53(10,11)12)50(69)75-54(13,14)15)36(28-56-62)44(63)41-25-34-26-43(38(27-40(34)60(41)47(65)66)57-46(64)72-51(4,5)6)70-23-22-58-29-32(2)59(33(3)30-58)48(67)73-52(7,8)9/h16-21,24-28,32-33H,22-23,29-30H2,1-15H3,(H,57,64)(H,65,66). The van der Waals surface area contributed by atoms with Crippen LogP contribution in [0, 0.1) is 12.7 Å². The van der Waals surface area contributed by atoms with Crippen LogP contribution in [0.2, 0.25) is 0 Å². The molecule has 4 amide bonds. The third kappa shape index (κ3) is 14.1. The van der Waals surface area contributed by atoms with E-state index in [1.165, 1.54) is 48.5 Å². The number of amides is 4. The Hall–Kier alpha value is -7.68. The highest BCUT2D eigenvalue weighted by Gasteiger charge is 2.40. The average Bonchev–Trinajstić information content (AvgIpc) is 3.83. The van der Waals surface area contributed by atoms with E-state index in [1.54, 1.807) is 86.3 Å². The number of hydrogen-bond acceptors (Lipinski definition) is 14. The number of nitrogens with one attached hydrogen (secondary N) is 1. The summed E-state index contributed by atoms with van der Waals surface area (Å²) in [6.45, 7) is 26.9. The second kappa shape index (κ2) is 21.7. The number of carbonyl (C=O) groups excluding carboxylic acids is 5. The zero-order chi connectivity index (χ0) is 55.7. The van der Waals surface area contributed by atoms with E-state index < -0.39 is 81.5 Å². The van der Waals surface area contributed by atoms with E-state index in [0.29, 0.717) is 34.7 Å². The molecule has 0 radical (unpaired) electrons. The number of para-hydroxylation sites is 1. The van der Waals surface area contributed by atoms with Gasteiger partial charge in [-0.2, -0.15) is 10.00 Å². The Morgan fingerprint density at radius 1 is 0.760 bits per heavy atom. The Kier molecular flexibility index (Phi) is 16.3. The van der Waals surface area contributed by atoms with Gasteiger partial charge in [0.15, 0.2) is 17.4 Å². The highest BCUT2D eigenvalue weighted by Crippen LogP contribution is 2.37. The maximum Gasteiger partial charge on any atom is 0.425 e. The van der Waals surface area contributed by atoms with Crippen LogP contribution in [0.15, 0.2) is 66.9 Å². The molecular weight excluding hydrogens is 974 g/mol. The molecule has 2 aromatic heterocycles. The van der Waals surface area contributed by atoms with Crippen LogP contribution in [0.4, 0.5) is 39.9 Å². The highest BCUT2D eigenvalue weighted by molar-refractivity contribution is 6.19. The normalized spacial score (nSPS) is 15.5. The number of hydrogen-bond donors (Lipinski definition) is 2. The Balaban J connectivity index is 1.46. The number of nitrogens with zero attached hydrogens (tertiary/aromatic N) is 6. The molecule has 1 fully saturated rings. The Morgan fingerprint density at radius 3 is 1.89 bits per heavy atom. The average molecular weight is 1040 g/mol. The lowest BCUT2D eigenvalue weighted by molar-refractivity contribution is -0.0164. The molecule has 0 spiro atoms. The molecule has 21 heteroatoms. The lowest BCUT2D eigenvalue weighted by Crippen LogP contribution is -2.59. The number of halogens is 1. The molecule has 2 atom stereocenters. The first-order valence-electron chi connectivity index (χ1n) is 24.4. The van der Waals surface area contributed by atoms with Crippen LogP contribution in [0.25, 0.3) is 16.6 Å². The summed E-state index contributed by atoms with van der Waals surface area (Å²) >= 11 is 0. The van der Waals surface area contributed by atoms with Gasteiger partial charge in [0, 0.05) is 37.1 Å². The van der Waals surface area contributed by atoms with Crippen LogP contribution in [0.3, 0.4) is 0 Å². The summed E-state index contributed by atoms with van der Waals surface area (Å²) in [7, 11) is 0. The number of rotatable bonds is 11. The summed E-state index contributed by atoms with van der Waals surface area (Å²) in [6.07, 6.45) is -4.31. The monoisotopic (exact) mass is 1040 g/mol. The van der Waals surface area contributed by atoms with E-state index in [2.05, 4.69) is 15.3 Å². The fraction of sp³-hybridized carbons (Fsp3) is 0.463. The highest BCUT2D eigenvalue weighted by atomic mass is 19.1. The van der Waals surface area contributed by atoms with Crippen LogP contribution < -0.4 is 19.7 Å². The predicted molar refractivity (Wildman–Crippen MR) is 277 cm³/mol. The molecule has 3 aromatic carbocycles. The summed E-state index contributed by atoms with van der Waals surface area (Å²) in [5.74, 6) is -1.80. The van der Waals surface area contributed by atoms with E-state index >= 15 is 4.79 Å². The van der Waals surface area contributed by atoms with E-state index in [0.717, 1.165) is 10.9 Å². The maximum absolute atomic E-state index is 15.3. The molecule has 0 saturated carbocycles. The molecule has 0 aliphatic carbocycles. The molecule has 1 aliphatic rings. The number of ketones is 1. The quantitative estimate of drug-likeness (QED) is 0.0927. The van der Waals surface area contributed by atoms with Crippen molar-refractivity contribution in [3.05, 3.63) is 89.5 Å². The van der Waals surface area contributed by atoms with Crippen LogP contribution in [-0.4, -0.2) is 126 Å². The SMILES string of the molecule is Cc1cc(Oc2ccccc2F)ccc1-n1ncc(C(=O)c2cc3cc(OCCN4CC(C)N(C(=O)OC(C)(C)C)C(C)C4)c(NC(=O)OC(C)(C)C)cc3n2C(=O)O)c1N(C(=O)OC(C)(C)C)C(=O)OC(C)(C)C. The number of ether oxygens (including phenoxy) is 6. The van der Waals surface area contributed by atoms with Crippen molar-refractivity contribution in [2.75, 3.05) is 36.5 Å². The molecule has 0 bridgehead atoms. The molecular formula is C54H68FN7O13. The van der Waals surface area contributed by atoms with Gasteiger partial charge >= 0.3 is 30.5 Å². The molecule has 2 N–H and O–H groups in total. The number of carbonyl (C=O) groups is 6. The molecule has 5 aromatic rings. The van der Waals surface area contributed by atoms with Crippen molar-refractivity contribution in [1.82, 2.24) is 24.1 Å². The number of benzene rings is 3. The lowest BCUT2D eigenvalue weighted by atomic mass is 10.1. The summed E-state index contributed by atoms with van der Waals surface area (Å²) < 4.78 is 51.2. The van der Waals surface area contributed by atoms with E-state index in [9.17, 15) is 33.5 Å². The molecule has 3 heterocycles. The van der Waals surface area contributed by atoms with E-state index in [-0.39, 0.29) is 58.2 Å². The van der Waals surface area contributed by atoms with Gasteiger partial charge in [0.1, 0.15) is 46.2 Å². The van der Waals surface area contributed by atoms with Crippen LogP contribution >= 0.6 is 0 Å². The van der Waals surface area contributed by atoms with Crippen molar-refractivity contribution in [2.45, 2.75) is 138 Å². The van der Waals surface area contributed by atoms with Gasteiger partial charge in [-0.3, -0.25) is 15.0 Å². The Morgan fingerprint density at radius 2 is 1.35 bits per heavy atom. The van der Waals surface area contributed by atoms with Crippen molar-refractivity contribution in [3.63, 3.8) is 0 Å². The van der Waals surface area contributed by atoms with Gasteiger partial charge in [0.2, 0.25) is 5.78 Å². The number of fused-ring (bicyclic) bond motifs is 1. The summed E-state index contributed by atoms with van der Waals surface area (Å²) in [5, 5.41) is 18.2. The smallest absolute Gasteiger partial charge is 0.425 e. The van der Waals surface area contributed by atoms with Crippen molar-refractivity contribution in [2.24, 2.45) is 0 Å². The van der Waals surface area contributed by atoms with Crippen molar-refractivity contribution in [1.29, 1.82) is 0 Å². The Labute approximate surface area is 435 Å². The fourth-order valence-corrected chi connectivity index (χ4v) is 8.29. The van der Waals surface area contributed by atoms with E-state index in [1.807, 2.05) is 34.6 Å². The van der Waals surface area contributed by atoms with Gasteiger partial charge in [-0.25, -0.2) is 37.6 Å². The predicted octanol–water partition coefficient (Wildman–Crippen LogP) is 11.6. The van der Waals surface area contributed by atoms with Gasteiger partial charge in [-0.15, -0.1) is 0 Å². The number of piperazine rings is 1. The number of anilines is 2. The first-order valence-corrected chi connectivity index (χ1v) is 24.4. The van der Waals surface area contributed by atoms with Crippen molar-refractivity contribution < 1.29 is 66.7 Å². The van der Waals surface area contributed by atoms with Crippen LogP contribution in [-0.2, 0) is 18.9 Å². The molecule has 75 heavy (non-hydrogen) atoms. The summed E-state index contributed by atoms with van der Waals surface area (Å²) in [6, 6.07) is 14.1. The number of aryl methyl sites for hydroxylation is 1. The van der Waals surface area contributed by atoms with Gasteiger partial charge in [-0.05, 0) is 158 Å². The zero-order valence-electron chi connectivity index (χ0n) is 45.2. The summed E-state index contributed by atoms with van der Waals surface area (Å²) in [4.78, 5) is 88.1. The number of imide groups is 1. The topological polar surface area (TPSA) is 223 Å². The van der Waals surface area contributed by atoms with Gasteiger partial charge in [0.25, 0.3) is 0 Å². The van der Waals surface area contributed by atoms with E-state index in [4.69, 9.17) is 28.4 Å². The molecule has 2 unspecified atom stereocenters. The minimum atomic E-state index is -1.61. The maximum atomic E-state index is 15.3. The number of aromatic nitrogens is 3. The first-order chi connectivity index (χ1) is 34.7. The van der Waals surface area contributed by atoms with Gasteiger partial charge in [0.05, 0.1) is 28.7 Å². The first kappa shape index (κ1) is 56.6. The molecule has 404 valence electrons. The third-order valence-corrected chi connectivity index (χ3v) is 11.0. The third-order valence-electron chi connectivity index (χ3n) is 11.0. The minimum Gasteiger partial charge on any atom is -0.490 e. The lowest BCUT2D eigenvalue weighted by Gasteiger charge is -2.44. The fourth-order valence-electron chi connectivity index (χ4n) is 8.29. The van der Waals surface area contributed by atoms with Gasteiger partial charge < -0.3 is 38.4 Å². The summed E-state index contributed by atoms with van der Waals surface area (Å²) in [5.41, 5.74) is -4.23. The van der Waals surface area contributed by atoms with Crippen molar-refractivity contribution >= 4 is 58.7 Å². The second-order valence-corrected chi connectivity index (χ2v) is 22.3. The van der Waals surface area contributed by atoms with Crippen LogP contribution in [0.1, 0.15) is 119 Å². The second-order valence-electron chi connectivity index (χ2n) is 22.3.